The number of imidazole rings is 1. The van der Waals surface area contributed by atoms with Gasteiger partial charge < -0.3 is 10.3 Å². The number of hydrogen-bond acceptors (Lipinski definition) is 6. The van der Waals surface area contributed by atoms with E-state index in [9.17, 15) is 0 Å². The second kappa shape index (κ2) is 8.53. The van der Waals surface area contributed by atoms with Gasteiger partial charge in [-0.05, 0) is 49.7 Å². The molecule has 7 heteroatoms. The van der Waals surface area contributed by atoms with Crippen molar-refractivity contribution < 1.29 is 0 Å². The highest BCUT2D eigenvalue weighted by Gasteiger charge is 2.12. The first-order valence-corrected chi connectivity index (χ1v) is 10.8. The molecule has 1 aromatic carbocycles. The minimum absolute atomic E-state index is 0.687. The molecule has 0 radical (unpaired) electrons. The molecule has 4 heterocycles. The van der Waals surface area contributed by atoms with Crippen LogP contribution in [0.5, 0.6) is 0 Å². The van der Waals surface area contributed by atoms with E-state index >= 15 is 0 Å². The Hall–Kier alpha value is -3.16. The molecule has 31 heavy (non-hydrogen) atoms. The van der Waals surface area contributed by atoms with Crippen molar-refractivity contribution in [3.05, 3.63) is 71.2 Å². The summed E-state index contributed by atoms with van der Waals surface area (Å²) < 4.78 is 0. The highest BCUT2D eigenvalue weighted by molar-refractivity contribution is 5.81. The standard InChI is InChI=1S/C24H27N7/c1-16-11-18(15-31-9-7-25-8-10-31)12-20(27-16)14-24-29-22-4-3-19(13-23(22)30-24)21-5-6-26-17(2)28-21/h3-6,11-13,25H,7-10,14-15H2,1-2H3,(H,29,30). The van der Waals surface area contributed by atoms with Crippen molar-refractivity contribution in [2.24, 2.45) is 0 Å². The number of nitrogens with zero attached hydrogens (tertiary/aromatic N) is 5. The lowest BCUT2D eigenvalue weighted by molar-refractivity contribution is 0.233. The van der Waals surface area contributed by atoms with E-state index in [0.717, 1.165) is 78.1 Å². The average Bonchev–Trinajstić information content (AvgIpc) is 3.15. The lowest BCUT2D eigenvalue weighted by atomic mass is 10.1. The second-order valence-electron chi connectivity index (χ2n) is 8.22. The van der Waals surface area contributed by atoms with Crippen LogP contribution in [0, 0.1) is 13.8 Å². The molecule has 1 aliphatic heterocycles. The van der Waals surface area contributed by atoms with Crippen molar-refractivity contribution in [3.8, 4) is 11.3 Å². The number of piperazine rings is 1. The Morgan fingerprint density at radius 2 is 1.84 bits per heavy atom. The van der Waals surface area contributed by atoms with Crippen LogP contribution in [0.25, 0.3) is 22.3 Å². The topological polar surface area (TPSA) is 82.6 Å². The monoisotopic (exact) mass is 413 g/mol. The normalized spacial score (nSPS) is 14.9. The lowest BCUT2D eigenvalue weighted by Crippen LogP contribution is -2.42. The van der Waals surface area contributed by atoms with Crippen LogP contribution >= 0.6 is 0 Å². The van der Waals surface area contributed by atoms with Gasteiger partial charge >= 0.3 is 0 Å². The van der Waals surface area contributed by atoms with E-state index in [-0.39, 0.29) is 0 Å². The zero-order valence-electron chi connectivity index (χ0n) is 18.0. The highest BCUT2D eigenvalue weighted by Crippen LogP contribution is 2.22. The Bertz CT molecular complexity index is 1210. The molecule has 0 amide bonds. The van der Waals surface area contributed by atoms with Gasteiger partial charge in [0, 0.05) is 62.3 Å². The first kappa shape index (κ1) is 19.8. The first-order chi connectivity index (χ1) is 15.1. The van der Waals surface area contributed by atoms with E-state index in [1.54, 1.807) is 6.20 Å². The number of benzene rings is 1. The second-order valence-corrected chi connectivity index (χ2v) is 8.22. The third kappa shape index (κ3) is 4.62. The minimum Gasteiger partial charge on any atom is -0.342 e. The van der Waals surface area contributed by atoms with Crippen LogP contribution in [0.1, 0.15) is 28.6 Å². The molecule has 0 unspecified atom stereocenters. The Labute approximate surface area is 182 Å². The largest absolute Gasteiger partial charge is 0.342 e. The molecular weight excluding hydrogens is 386 g/mol. The molecule has 0 atom stereocenters. The molecule has 7 nitrogen and oxygen atoms in total. The number of H-pyrrole nitrogens is 1. The number of aromatic nitrogens is 5. The van der Waals surface area contributed by atoms with Crippen molar-refractivity contribution >= 4 is 11.0 Å². The van der Waals surface area contributed by atoms with E-state index in [1.165, 1.54) is 5.56 Å². The molecule has 0 saturated carbocycles. The SMILES string of the molecule is Cc1cc(CN2CCNCC2)cc(Cc2nc3ccc(-c4ccnc(C)n4)cc3[nH]2)n1. The summed E-state index contributed by atoms with van der Waals surface area (Å²) in [4.78, 5) is 24.2. The van der Waals surface area contributed by atoms with Crippen LogP contribution < -0.4 is 5.32 Å². The smallest absolute Gasteiger partial charge is 0.125 e. The molecule has 1 fully saturated rings. The lowest BCUT2D eigenvalue weighted by Gasteiger charge is -2.27. The van der Waals surface area contributed by atoms with E-state index in [2.05, 4.69) is 56.4 Å². The molecule has 0 aliphatic carbocycles. The predicted molar refractivity (Wildman–Crippen MR) is 122 cm³/mol. The van der Waals surface area contributed by atoms with Gasteiger partial charge in [0.1, 0.15) is 11.6 Å². The van der Waals surface area contributed by atoms with Gasteiger partial charge in [-0.1, -0.05) is 6.07 Å². The van der Waals surface area contributed by atoms with E-state index in [0.29, 0.717) is 6.42 Å². The van der Waals surface area contributed by atoms with Crippen molar-refractivity contribution in [1.29, 1.82) is 0 Å². The van der Waals surface area contributed by atoms with Crippen molar-refractivity contribution in [3.63, 3.8) is 0 Å². The van der Waals surface area contributed by atoms with Crippen LogP contribution in [0.3, 0.4) is 0 Å². The number of fused-ring (bicyclic) bond motifs is 1. The maximum Gasteiger partial charge on any atom is 0.125 e. The Kier molecular flexibility index (Phi) is 5.44. The summed E-state index contributed by atoms with van der Waals surface area (Å²) in [7, 11) is 0. The molecule has 0 bridgehead atoms. The summed E-state index contributed by atoms with van der Waals surface area (Å²) in [5.41, 5.74) is 7.37. The van der Waals surface area contributed by atoms with Gasteiger partial charge in [0.25, 0.3) is 0 Å². The number of aryl methyl sites for hydroxylation is 2. The third-order valence-electron chi connectivity index (χ3n) is 5.63. The number of hydrogen-bond donors (Lipinski definition) is 2. The molecule has 5 rings (SSSR count). The number of rotatable bonds is 5. The van der Waals surface area contributed by atoms with Crippen molar-refractivity contribution in [2.45, 2.75) is 26.8 Å². The van der Waals surface area contributed by atoms with Gasteiger partial charge in [0.05, 0.1) is 16.7 Å². The Morgan fingerprint density at radius 1 is 0.968 bits per heavy atom. The fourth-order valence-electron chi connectivity index (χ4n) is 4.22. The summed E-state index contributed by atoms with van der Waals surface area (Å²) in [5, 5.41) is 3.41. The molecule has 3 aromatic heterocycles. The minimum atomic E-state index is 0.687. The van der Waals surface area contributed by atoms with Gasteiger partial charge in [-0.3, -0.25) is 9.88 Å². The Balaban J connectivity index is 1.37. The molecule has 158 valence electrons. The zero-order valence-corrected chi connectivity index (χ0v) is 18.0. The van der Waals surface area contributed by atoms with Crippen LogP contribution in [0.4, 0.5) is 0 Å². The molecule has 1 aliphatic rings. The van der Waals surface area contributed by atoms with Crippen LogP contribution in [-0.2, 0) is 13.0 Å². The first-order valence-electron chi connectivity index (χ1n) is 10.8. The third-order valence-corrected chi connectivity index (χ3v) is 5.63. The molecule has 0 spiro atoms. The van der Waals surface area contributed by atoms with E-state index < -0.39 is 0 Å². The maximum atomic E-state index is 4.79. The predicted octanol–water partition coefficient (Wildman–Crippen LogP) is 3.03. The van der Waals surface area contributed by atoms with Gasteiger partial charge in [-0.25, -0.2) is 15.0 Å². The molecule has 2 N–H and O–H groups in total. The number of nitrogens with one attached hydrogen (secondary N) is 2. The summed E-state index contributed by atoms with van der Waals surface area (Å²) in [5.74, 6) is 1.70. The van der Waals surface area contributed by atoms with Crippen molar-refractivity contribution in [2.75, 3.05) is 26.2 Å². The maximum absolute atomic E-state index is 4.79. The summed E-state index contributed by atoms with van der Waals surface area (Å²) >= 11 is 0. The van der Waals surface area contributed by atoms with Gasteiger partial charge in [0.2, 0.25) is 0 Å². The van der Waals surface area contributed by atoms with Crippen LogP contribution in [-0.4, -0.2) is 56.0 Å². The Morgan fingerprint density at radius 3 is 2.68 bits per heavy atom. The van der Waals surface area contributed by atoms with E-state index in [4.69, 9.17) is 9.97 Å². The molecular formula is C24H27N7. The average molecular weight is 414 g/mol. The van der Waals surface area contributed by atoms with Crippen LogP contribution in [0.15, 0.2) is 42.6 Å². The summed E-state index contributed by atoms with van der Waals surface area (Å²) in [6.45, 7) is 9.25. The quantitative estimate of drug-likeness (QED) is 0.523. The van der Waals surface area contributed by atoms with Gasteiger partial charge in [-0.2, -0.15) is 0 Å². The highest BCUT2D eigenvalue weighted by atomic mass is 15.2. The van der Waals surface area contributed by atoms with Crippen molar-refractivity contribution in [1.82, 2.24) is 35.1 Å². The van der Waals surface area contributed by atoms with Gasteiger partial charge in [0.15, 0.2) is 0 Å². The fourth-order valence-corrected chi connectivity index (χ4v) is 4.22. The summed E-state index contributed by atoms with van der Waals surface area (Å²) in [6, 6.07) is 12.6. The zero-order chi connectivity index (χ0) is 21.2. The number of aromatic amines is 1. The summed E-state index contributed by atoms with van der Waals surface area (Å²) in [6.07, 6.45) is 2.48. The van der Waals surface area contributed by atoms with Crippen LogP contribution in [0.2, 0.25) is 0 Å². The van der Waals surface area contributed by atoms with Gasteiger partial charge in [-0.15, -0.1) is 0 Å². The number of pyridine rings is 1. The molecule has 4 aromatic rings. The fraction of sp³-hybridized carbons (Fsp3) is 0.333. The molecule has 1 saturated heterocycles. The van der Waals surface area contributed by atoms with E-state index in [1.807, 2.05) is 19.1 Å².